The molecule has 20 heavy (non-hydrogen) atoms. The highest BCUT2D eigenvalue weighted by molar-refractivity contribution is 5.81. The zero-order valence-corrected chi connectivity index (χ0v) is 13.3. The molecule has 1 amide bonds. The molecule has 1 heterocycles. The Bertz CT molecular complexity index is 266. The Labute approximate surface area is 123 Å². The van der Waals surface area contributed by atoms with Crippen molar-refractivity contribution in [3.05, 3.63) is 0 Å². The number of likely N-dealkylation sites (tertiary alicyclic amines) is 1. The summed E-state index contributed by atoms with van der Waals surface area (Å²) in [6, 6.07) is -0.0311. The summed E-state index contributed by atoms with van der Waals surface area (Å²) in [5.41, 5.74) is 0. The highest BCUT2D eigenvalue weighted by Gasteiger charge is 2.26. The molecule has 0 spiro atoms. The molecule has 5 nitrogen and oxygen atoms in total. The van der Waals surface area contributed by atoms with E-state index >= 15 is 0 Å². The second-order valence-electron chi connectivity index (χ2n) is 5.64. The Kier molecular flexibility index (Phi) is 8.82. The van der Waals surface area contributed by atoms with E-state index in [9.17, 15) is 4.79 Å². The van der Waals surface area contributed by atoms with Crippen molar-refractivity contribution in [2.45, 2.75) is 39.2 Å². The van der Waals surface area contributed by atoms with Crippen LogP contribution < -0.4 is 10.6 Å². The first kappa shape index (κ1) is 17.4. The number of carbonyl (C=O) groups is 1. The van der Waals surface area contributed by atoms with Gasteiger partial charge in [0.1, 0.15) is 0 Å². The molecule has 1 fully saturated rings. The maximum atomic E-state index is 12.0. The van der Waals surface area contributed by atoms with E-state index in [-0.39, 0.29) is 11.9 Å². The predicted octanol–water partition coefficient (Wildman–Crippen LogP) is 0.849. The molecule has 1 unspecified atom stereocenters. The van der Waals surface area contributed by atoms with Crippen LogP contribution in [0.25, 0.3) is 0 Å². The van der Waals surface area contributed by atoms with Gasteiger partial charge in [-0.05, 0) is 58.3 Å². The van der Waals surface area contributed by atoms with Crippen LogP contribution in [0.15, 0.2) is 0 Å². The standard InChI is InChI=1S/C15H31N3O2/c1-4-7-16-12-14-5-9-18(10-6-14)13(2)15(19)17-8-11-20-3/h13-14,16H,4-12H2,1-3H3,(H,17,19). The fourth-order valence-corrected chi connectivity index (χ4v) is 2.62. The van der Waals surface area contributed by atoms with Gasteiger partial charge in [-0.3, -0.25) is 9.69 Å². The molecule has 0 aromatic rings. The zero-order valence-electron chi connectivity index (χ0n) is 13.3. The maximum absolute atomic E-state index is 12.0. The molecule has 1 aliphatic heterocycles. The Morgan fingerprint density at radius 2 is 2.05 bits per heavy atom. The van der Waals surface area contributed by atoms with E-state index < -0.39 is 0 Å². The van der Waals surface area contributed by atoms with Crippen LogP contribution in [-0.2, 0) is 9.53 Å². The Morgan fingerprint density at radius 3 is 2.65 bits per heavy atom. The summed E-state index contributed by atoms with van der Waals surface area (Å²) in [4.78, 5) is 14.3. The van der Waals surface area contributed by atoms with E-state index in [0.717, 1.165) is 32.1 Å². The van der Waals surface area contributed by atoms with Crippen LogP contribution in [0, 0.1) is 5.92 Å². The Hall–Kier alpha value is -0.650. The average Bonchev–Trinajstić information content (AvgIpc) is 2.47. The maximum Gasteiger partial charge on any atom is 0.237 e. The monoisotopic (exact) mass is 285 g/mol. The molecule has 0 aliphatic carbocycles. The fraction of sp³-hybridized carbons (Fsp3) is 0.933. The third-order valence-corrected chi connectivity index (χ3v) is 4.04. The molecule has 0 aromatic carbocycles. The predicted molar refractivity (Wildman–Crippen MR) is 81.8 cm³/mol. The fourth-order valence-electron chi connectivity index (χ4n) is 2.62. The number of rotatable bonds is 9. The van der Waals surface area contributed by atoms with Crippen LogP contribution in [0.2, 0.25) is 0 Å². The van der Waals surface area contributed by atoms with Crippen LogP contribution >= 0.6 is 0 Å². The lowest BCUT2D eigenvalue weighted by Gasteiger charge is -2.35. The molecule has 5 heteroatoms. The molecular formula is C15H31N3O2. The summed E-state index contributed by atoms with van der Waals surface area (Å²) in [5.74, 6) is 0.881. The second-order valence-corrected chi connectivity index (χ2v) is 5.64. The zero-order chi connectivity index (χ0) is 14.8. The smallest absolute Gasteiger partial charge is 0.237 e. The lowest BCUT2D eigenvalue weighted by atomic mass is 9.95. The molecule has 0 bridgehead atoms. The molecule has 0 saturated carbocycles. The van der Waals surface area contributed by atoms with Crippen LogP contribution in [0.1, 0.15) is 33.1 Å². The van der Waals surface area contributed by atoms with Gasteiger partial charge in [0.15, 0.2) is 0 Å². The van der Waals surface area contributed by atoms with Crippen molar-refractivity contribution in [3.8, 4) is 0 Å². The number of piperidine rings is 1. The van der Waals surface area contributed by atoms with Crippen molar-refractivity contribution in [1.82, 2.24) is 15.5 Å². The lowest BCUT2D eigenvalue weighted by Crippen LogP contribution is -2.49. The molecule has 1 rings (SSSR count). The third kappa shape index (κ3) is 6.20. The van der Waals surface area contributed by atoms with E-state index in [1.807, 2.05) is 6.92 Å². The molecule has 1 aliphatic rings. The molecule has 0 aromatic heterocycles. The third-order valence-electron chi connectivity index (χ3n) is 4.04. The average molecular weight is 285 g/mol. The van der Waals surface area contributed by atoms with Gasteiger partial charge in [-0.2, -0.15) is 0 Å². The summed E-state index contributed by atoms with van der Waals surface area (Å²) in [6.07, 6.45) is 3.57. The molecule has 2 N–H and O–H groups in total. The molecule has 118 valence electrons. The van der Waals surface area contributed by atoms with Crippen LogP contribution in [0.3, 0.4) is 0 Å². The first-order valence-corrected chi connectivity index (χ1v) is 7.90. The molecule has 1 atom stereocenters. The summed E-state index contributed by atoms with van der Waals surface area (Å²) >= 11 is 0. The minimum Gasteiger partial charge on any atom is -0.383 e. The summed E-state index contributed by atoms with van der Waals surface area (Å²) < 4.78 is 4.94. The van der Waals surface area contributed by atoms with Crippen molar-refractivity contribution >= 4 is 5.91 Å². The van der Waals surface area contributed by atoms with Gasteiger partial charge in [0.2, 0.25) is 5.91 Å². The van der Waals surface area contributed by atoms with Crippen molar-refractivity contribution in [2.24, 2.45) is 5.92 Å². The van der Waals surface area contributed by atoms with Gasteiger partial charge in [0, 0.05) is 13.7 Å². The minimum absolute atomic E-state index is 0.0311. The Balaban J connectivity index is 2.20. The van der Waals surface area contributed by atoms with Gasteiger partial charge in [0.25, 0.3) is 0 Å². The summed E-state index contributed by atoms with van der Waals surface area (Å²) in [7, 11) is 1.65. The molecule has 0 radical (unpaired) electrons. The minimum atomic E-state index is -0.0311. The summed E-state index contributed by atoms with van der Waals surface area (Å²) in [5, 5.41) is 6.41. The number of ether oxygens (including phenoxy) is 1. The van der Waals surface area contributed by atoms with Crippen LogP contribution in [-0.4, -0.2) is 63.3 Å². The van der Waals surface area contributed by atoms with Gasteiger partial charge in [0.05, 0.1) is 12.6 Å². The van der Waals surface area contributed by atoms with Crippen molar-refractivity contribution in [1.29, 1.82) is 0 Å². The first-order valence-electron chi connectivity index (χ1n) is 7.90. The number of nitrogens with zero attached hydrogens (tertiary/aromatic N) is 1. The highest BCUT2D eigenvalue weighted by Crippen LogP contribution is 2.18. The summed E-state index contributed by atoms with van der Waals surface area (Å²) in [6.45, 7) is 9.64. The second kappa shape index (κ2) is 10.1. The van der Waals surface area contributed by atoms with Crippen molar-refractivity contribution in [3.63, 3.8) is 0 Å². The largest absolute Gasteiger partial charge is 0.383 e. The van der Waals surface area contributed by atoms with Crippen molar-refractivity contribution in [2.75, 3.05) is 46.4 Å². The number of amides is 1. The van der Waals surface area contributed by atoms with E-state index in [0.29, 0.717) is 13.2 Å². The van der Waals surface area contributed by atoms with Gasteiger partial charge in [-0.15, -0.1) is 0 Å². The SMILES string of the molecule is CCCNCC1CCN(C(C)C(=O)NCCOC)CC1. The van der Waals surface area contributed by atoms with Gasteiger partial charge in [-0.25, -0.2) is 0 Å². The lowest BCUT2D eigenvalue weighted by molar-refractivity contribution is -0.126. The molecule has 1 saturated heterocycles. The van der Waals surface area contributed by atoms with Crippen molar-refractivity contribution < 1.29 is 9.53 Å². The van der Waals surface area contributed by atoms with E-state index in [1.165, 1.54) is 19.3 Å². The number of nitrogens with one attached hydrogen (secondary N) is 2. The van der Waals surface area contributed by atoms with E-state index in [1.54, 1.807) is 7.11 Å². The normalized spacial score (nSPS) is 18.9. The Morgan fingerprint density at radius 1 is 1.35 bits per heavy atom. The van der Waals surface area contributed by atoms with Gasteiger partial charge < -0.3 is 15.4 Å². The number of methoxy groups -OCH3 is 1. The first-order chi connectivity index (χ1) is 9.69. The van der Waals surface area contributed by atoms with Crippen LogP contribution in [0.4, 0.5) is 0 Å². The van der Waals surface area contributed by atoms with Gasteiger partial charge >= 0.3 is 0 Å². The van der Waals surface area contributed by atoms with Crippen LogP contribution in [0.5, 0.6) is 0 Å². The number of hydrogen-bond donors (Lipinski definition) is 2. The van der Waals surface area contributed by atoms with E-state index in [2.05, 4.69) is 22.5 Å². The quantitative estimate of drug-likeness (QED) is 0.617. The number of carbonyl (C=O) groups excluding carboxylic acids is 1. The van der Waals surface area contributed by atoms with E-state index in [4.69, 9.17) is 4.74 Å². The topological polar surface area (TPSA) is 53.6 Å². The molecular weight excluding hydrogens is 254 g/mol. The highest BCUT2D eigenvalue weighted by atomic mass is 16.5. The van der Waals surface area contributed by atoms with Gasteiger partial charge in [-0.1, -0.05) is 6.92 Å². The number of hydrogen-bond acceptors (Lipinski definition) is 4.